The van der Waals surface area contributed by atoms with Crippen molar-refractivity contribution < 1.29 is 11.0 Å². The van der Waals surface area contributed by atoms with E-state index < -0.39 is 52.5 Å². The molecule has 0 bridgehead atoms. The molecule has 4 heteroatoms. The van der Waals surface area contributed by atoms with E-state index in [4.69, 9.17) is 0 Å². The van der Waals surface area contributed by atoms with Gasteiger partial charge in [0.2, 0.25) is 0 Å². The summed E-state index contributed by atoms with van der Waals surface area (Å²) in [5.41, 5.74) is 30.2. The van der Waals surface area contributed by atoms with E-state index in [9.17, 15) is 11.0 Å². The zero-order chi connectivity index (χ0) is 94.1. The molecular formula is C116H136BN3. The van der Waals surface area contributed by atoms with Crippen LogP contribution in [0.15, 0.2) is 224 Å². The summed E-state index contributed by atoms with van der Waals surface area (Å²) in [6.07, 6.45) is 0. The Hall–Kier alpha value is -9.90. The van der Waals surface area contributed by atoms with E-state index in [0.29, 0.717) is 5.69 Å². The van der Waals surface area contributed by atoms with Crippen LogP contribution in [0.4, 0.5) is 34.1 Å². The average Bonchev–Trinajstić information content (AvgIpc) is 0.969. The summed E-state index contributed by atoms with van der Waals surface area (Å²) < 4.78 is 79.2. The monoisotopic (exact) mass is 1590 g/mol. The van der Waals surface area contributed by atoms with Gasteiger partial charge in [-0.15, -0.1) is 0 Å². The van der Waals surface area contributed by atoms with Gasteiger partial charge in [-0.1, -0.05) is 386 Å². The lowest BCUT2D eigenvalue weighted by atomic mass is 9.33. The summed E-state index contributed by atoms with van der Waals surface area (Å²) in [6.45, 7) is 76.3. The minimum absolute atomic E-state index is 0.0193. The molecule has 12 aromatic carbocycles. The Balaban J connectivity index is 1.25. The maximum absolute atomic E-state index is 10.1. The van der Waals surface area contributed by atoms with Crippen LogP contribution in [0.3, 0.4) is 0 Å². The van der Waals surface area contributed by atoms with Crippen LogP contribution in [0.2, 0.25) is 0 Å². The molecule has 618 valence electrons. The summed E-state index contributed by atoms with van der Waals surface area (Å²) in [7, 11) is 0. The Morgan fingerprint density at radius 3 is 1.03 bits per heavy atom. The van der Waals surface area contributed by atoms with Gasteiger partial charge in [-0.2, -0.15) is 0 Å². The summed E-state index contributed by atoms with van der Waals surface area (Å²) in [4.78, 5) is 5.31. The first kappa shape index (κ1) is 75.1. The summed E-state index contributed by atoms with van der Waals surface area (Å²) in [5.74, 6) is 0. The zero-order valence-corrected chi connectivity index (χ0v) is 78.7. The van der Waals surface area contributed by atoms with Crippen molar-refractivity contribution in [1.82, 2.24) is 4.57 Å². The van der Waals surface area contributed by atoms with Crippen LogP contribution in [0.5, 0.6) is 0 Å². The molecule has 120 heavy (non-hydrogen) atoms. The molecule has 3 heterocycles. The van der Waals surface area contributed by atoms with E-state index in [1.54, 1.807) is 4.57 Å². The van der Waals surface area contributed by atoms with Gasteiger partial charge in [0.1, 0.15) is 0 Å². The molecule has 0 amide bonds. The minimum Gasteiger partial charge on any atom is -0.310 e. The molecule has 0 saturated heterocycles. The second kappa shape index (κ2) is 28.9. The number of nitrogens with zero attached hydrogens (tertiary/aromatic N) is 3. The Labute approximate surface area is 734 Å². The number of hydrogen-bond donors (Lipinski definition) is 0. The first-order valence-electron chi connectivity index (χ1n) is 47.9. The van der Waals surface area contributed by atoms with Crippen molar-refractivity contribution in [3.63, 3.8) is 0 Å². The minimum atomic E-state index is -0.538. The van der Waals surface area contributed by atoms with Crippen LogP contribution in [0.25, 0.3) is 83.1 Å². The van der Waals surface area contributed by atoms with Crippen LogP contribution in [0.1, 0.15) is 301 Å². The summed E-state index contributed by atoms with van der Waals surface area (Å²) in [5, 5.41) is 0.0386. The van der Waals surface area contributed by atoms with Gasteiger partial charge >= 0.3 is 0 Å². The van der Waals surface area contributed by atoms with Crippen LogP contribution >= 0.6 is 0 Å². The summed E-state index contributed by atoms with van der Waals surface area (Å²) >= 11 is 0. The molecule has 15 rings (SSSR count). The standard InChI is InChI=1S/C116H136BN3/c1-106(2,3)75-50-45-71(46-51-75)87-63-80(111(16,17)18)65-89(84-56-54-77(108(7,8)9)67-93(84)116(31,32)33)104(87)119-98-61-73(74-59-78(109(10,11)12)62-79(60-74)110(13,14)15)49-57-94(98)117-95-58-55-83(118-96-43-36-34-39-85(96)86-40-35-37-44-97(86)118)70-99(95)120(101-69-82(113(22,23)24)68-100(119)103(101)117)105-88(72-47-52-76(53-48-72)107(4,5)6)64-81(112(19,20)21)66-90(105)102-91(114(25,26)27)41-38-42-92(102)115(28,29)30/h34-70H,1-33H3/i34D,35D,36D,37D,39D,40D,43D,44D. The predicted molar refractivity (Wildman–Crippen MR) is 528 cm³/mol. The van der Waals surface area contributed by atoms with Crippen molar-refractivity contribution in [3.8, 4) is 61.3 Å². The second-order valence-corrected chi connectivity index (χ2v) is 46.4. The largest absolute Gasteiger partial charge is 0.310 e. The van der Waals surface area contributed by atoms with Crippen LogP contribution in [-0.2, 0) is 59.6 Å². The quantitative estimate of drug-likeness (QED) is 0.141. The van der Waals surface area contributed by atoms with Crippen molar-refractivity contribution in [2.45, 2.75) is 288 Å². The van der Waals surface area contributed by atoms with Crippen LogP contribution in [0, 0.1) is 0 Å². The maximum Gasteiger partial charge on any atom is 0.252 e. The van der Waals surface area contributed by atoms with E-state index in [2.05, 4.69) is 408 Å². The average molecular weight is 1590 g/mol. The number of aromatic nitrogens is 1. The van der Waals surface area contributed by atoms with Gasteiger partial charge in [0.15, 0.2) is 0 Å². The molecule has 0 N–H and O–H groups in total. The van der Waals surface area contributed by atoms with Crippen molar-refractivity contribution >= 4 is 79.0 Å². The first-order chi connectivity index (χ1) is 58.8. The zero-order valence-electron chi connectivity index (χ0n) is 86.7. The molecule has 0 saturated carbocycles. The number of hydrogen-bond acceptors (Lipinski definition) is 2. The Bertz CT molecular complexity index is 6570. The molecule has 0 spiro atoms. The molecular weight excluding hydrogens is 1450 g/mol. The smallest absolute Gasteiger partial charge is 0.252 e. The summed E-state index contributed by atoms with van der Waals surface area (Å²) in [6, 6.07) is 65.7. The number of rotatable bonds is 8. The highest BCUT2D eigenvalue weighted by atomic mass is 15.2. The Morgan fingerprint density at radius 2 is 0.608 bits per heavy atom. The normalized spacial score (nSPS) is 14.9. The van der Waals surface area contributed by atoms with E-state index in [-0.39, 0.29) is 83.9 Å². The maximum atomic E-state index is 10.1. The van der Waals surface area contributed by atoms with Gasteiger partial charge in [-0.3, -0.25) is 0 Å². The lowest BCUT2D eigenvalue weighted by molar-refractivity contribution is 0.568. The fourth-order valence-electron chi connectivity index (χ4n) is 18.3. The van der Waals surface area contributed by atoms with Gasteiger partial charge in [0, 0.05) is 61.5 Å². The molecule has 0 radical (unpaired) electrons. The fourth-order valence-corrected chi connectivity index (χ4v) is 18.3. The van der Waals surface area contributed by atoms with Crippen molar-refractivity contribution in [2.75, 3.05) is 9.80 Å². The fraction of sp³-hybridized carbons (Fsp3) is 0.379. The van der Waals surface area contributed by atoms with E-state index in [1.807, 2.05) is 6.07 Å². The number of anilines is 6. The predicted octanol–water partition coefficient (Wildman–Crippen LogP) is 31.5. The molecule has 2 aliphatic heterocycles. The van der Waals surface area contributed by atoms with E-state index in [1.165, 1.54) is 50.1 Å². The van der Waals surface area contributed by atoms with E-state index in [0.717, 1.165) is 117 Å². The topological polar surface area (TPSA) is 11.4 Å². The highest BCUT2D eigenvalue weighted by Crippen LogP contribution is 2.59. The van der Waals surface area contributed by atoms with Crippen molar-refractivity contribution in [1.29, 1.82) is 0 Å². The van der Waals surface area contributed by atoms with Crippen molar-refractivity contribution in [2.24, 2.45) is 0 Å². The third-order valence-electron chi connectivity index (χ3n) is 25.7. The number of benzene rings is 12. The lowest BCUT2D eigenvalue weighted by Gasteiger charge is -2.47. The highest BCUT2D eigenvalue weighted by molar-refractivity contribution is 7.00. The lowest BCUT2D eigenvalue weighted by Crippen LogP contribution is -2.61. The third-order valence-corrected chi connectivity index (χ3v) is 25.7. The molecule has 1 aromatic heterocycles. The van der Waals surface area contributed by atoms with Gasteiger partial charge in [-0.25, -0.2) is 0 Å². The van der Waals surface area contributed by atoms with Gasteiger partial charge in [-0.05, 0) is 237 Å². The third kappa shape index (κ3) is 15.5. The molecule has 0 unspecified atom stereocenters. The molecule has 0 fully saturated rings. The van der Waals surface area contributed by atoms with Gasteiger partial charge < -0.3 is 14.4 Å². The Morgan fingerprint density at radius 1 is 0.250 bits per heavy atom. The number of para-hydroxylation sites is 2. The van der Waals surface area contributed by atoms with Gasteiger partial charge in [0.05, 0.1) is 33.4 Å². The molecule has 2 aliphatic rings. The van der Waals surface area contributed by atoms with E-state index >= 15 is 0 Å². The van der Waals surface area contributed by atoms with Gasteiger partial charge in [0.25, 0.3) is 6.71 Å². The Kier molecular flexibility index (Phi) is 18.1. The first-order valence-corrected chi connectivity index (χ1v) is 43.9. The SMILES string of the molecule is [2H]c1c([2H])c([2H])c2c(c1[2H])c1c([2H])c([2H])c([2H])c([2H])c1n2-c1ccc2c(c1)N(c1c(-c3ccc(C(C)(C)C)cc3)cc(C(C)(C)C)cc1-c1c(C(C)(C)C)cccc1C(C)(C)C)c1cc(C(C)(C)C)cc3c1B2c1ccc(-c2cc(C(C)(C)C)cc(C(C)(C)C)c2)cc1N3c1c(-c2ccc(C(C)(C)C)cc2)cc(C(C)(C)C)cc1-c1ccc(C(C)(C)C)cc1C(C)(C)C. The van der Waals surface area contributed by atoms with Crippen molar-refractivity contribution in [3.05, 3.63) is 285 Å². The highest BCUT2D eigenvalue weighted by Gasteiger charge is 2.48. The second-order valence-electron chi connectivity index (χ2n) is 46.4. The number of fused-ring (bicyclic) bond motifs is 7. The molecule has 3 nitrogen and oxygen atoms in total. The molecule has 13 aromatic rings. The van der Waals surface area contributed by atoms with Crippen LogP contribution in [-0.4, -0.2) is 11.3 Å². The van der Waals surface area contributed by atoms with Crippen LogP contribution < -0.4 is 26.2 Å². The molecule has 0 aliphatic carbocycles. The molecule has 0 atom stereocenters.